The van der Waals surface area contributed by atoms with Gasteiger partial charge in [0.25, 0.3) is 10.2 Å². The van der Waals surface area contributed by atoms with Crippen molar-refractivity contribution in [2.75, 3.05) is 4.72 Å². The van der Waals surface area contributed by atoms with Crippen molar-refractivity contribution < 1.29 is 8.42 Å². The second kappa shape index (κ2) is 5.51. The molecule has 0 aromatic heterocycles. The molecule has 0 saturated carbocycles. The van der Waals surface area contributed by atoms with E-state index in [2.05, 4.69) is 27.6 Å². The normalized spacial score (nSPS) is 12.7. The third-order valence-corrected chi connectivity index (χ3v) is 4.78. The average Bonchev–Trinajstić information content (AvgIpc) is 2.42. The zero-order valence-electron chi connectivity index (χ0n) is 13.4. The first-order valence-electron chi connectivity index (χ1n) is 7.46. The minimum atomic E-state index is -3.60. The number of hydrogen-bond acceptors (Lipinski definition) is 2. The lowest BCUT2D eigenvalue weighted by Gasteiger charge is -2.21. The van der Waals surface area contributed by atoms with Crippen LogP contribution in [0.3, 0.4) is 0 Å². The molecule has 0 unspecified atom stereocenters. The van der Waals surface area contributed by atoms with Gasteiger partial charge in [-0.2, -0.15) is 13.1 Å². The monoisotopic (exact) mass is 328 g/mol. The molecule has 0 saturated heterocycles. The van der Waals surface area contributed by atoms with Gasteiger partial charge < -0.3 is 0 Å². The van der Waals surface area contributed by atoms with E-state index < -0.39 is 15.7 Å². The Bertz CT molecular complexity index is 973. The van der Waals surface area contributed by atoms with Gasteiger partial charge in [-0.05, 0) is 66.6 Å². The van der Waals surface area contributed by atoms with E-state index in [0.717, 1.165) is 16.2 Å². The molecule has 3 rings (SSSR count). The van der Waals surface area contributed by atoms with Crippen LogP contribution < -0.4 is 9.44 Å². The van der Waals surface area contributed by atoms with E-state index in [-0.39, 0.29) is 0 Å². The minimum absolute atomic E-state index is 0.529. The Balaban J connectivity index is 1.98. The summed E-state index contributed by atoms with van der Waals surface area (Å²) < 4.78 is 29.4. The first-order chi connectivity index (χ1) is 10.7. The molecule has 0 radical (unpaired) electrons. The molecule has 0 heterocycles. The summed E-state index contributed by atoms with van der Waals surface area (Å²) in [5.41, 5.74) is 0.0170. The molecule has 0 atom stereocenters. The zero-order valence-corrected chi connectivity index (χ0v) is 14.2. The van der Waals surface area contributed by atoms with Gasteiger partial charge >= 0.3 is 0 Å². The molecular weight excluding hydrogens is 308 g/mol. The summed E-state index contributed by atoms with van der Waals surface area (Å²) in [7, 11) is -3.60. The molecule has 5 heteroatoms. The lowest BCUT2D eigenvalue weighted by Crippen LogP contribution is -2.43. The van der Waals surface area contributed by atoms with Gasteiger partial charge in [0.1, 0.15) is 0 Å². The van der Waals surface area contributed by atoms with E-state index in [9.17, 15) is 8.42 Å². The maximum absolute atomic E-state index is 12.1. The van der Waals surface area contributed by atoms with Crippen LogP contribution >= 0.6 is 0 Å². The van der Waals surface area contributed by atoms with Crippen LogP contribution in [0.1, 0.15) is 20.8 Å². The smallest absolute Gasteiger partial charge is 0.271 e. The van der Waals surface area contributed by atoms with E-state index in [0.29, 0.717) is 5.69 Å². The van der Waals surface area contributed by atoms with E-state index >= 15 is 0 Å². The van der Waals surface area contributed by atoms with Gasteiger partial charge in [0.2, 0.25) is 0 Å². The van der Waals surface area contributed by atoms with Crippen molar-refractivity contribution in [3.05, 3.63) is 54.6 Å². The Hall–Kier alpha value is -2.11. The highest BCUT2D eigenvalue weighted by Crippen LogP contribution is 2.25. The molecule has 2 N–H and O–H groups in total. The number of benzene rings is 3. The number of hydrogen-bond donors (Lipinski definition) is 2. The molecular formula is C18H20N2O2S. The molecule has 23 heavy (non-hydrogen) atoms. The zero-order chi connectivity index (χ0) is 16.7. The van der Waals surface area contributed by atoms with E-state index in [4.69, 9.17) is 0 Å². The van der Waals surface area contributed by atoms with E-state index in [1.807, 2.05) is 30.3 Å². The van der Waals surface area contributed by atoms with Crippen molar-refractivity contribution in [3.8, 4) is 0 Å². The van der Waals surface area contributed by atoms with Crippen LogP contribution in [0.25, 0.3) is 21.5 Å². The number of fused-ring (bicyclic) bond motifs is 2. The van der Waals surface area contributed by atoms with Crippen LogP contribution in [0, 0.1) is 0 Å². The van der Waals surface area contributed by atoms with Crippen LogP contribution in [-0.4, -0.2) is 14.0 Å². The van der Waals surface area contributed by atoms with Crippen molar-refractivity contribution in [1.82, 2.24) is 4.72 Å². The molecule has 0 aliphatic heterocycles. The molecule has 3 aromatic carbocycles. The van der Waals surface area contributed by atoms with Crippen LogP contribution in [0.2, 0.25) is 0 Å². The number of nitrogens with one attached hydrogen (secondary N) is 2. The first kappa shape index (κ1) is 15.8. The molecule has 0 aliphatic carbocycles. The van der Waals surface area contributed by atoms with Gasteiger partial charge in [-0.15, -0.1) is 0 Å². The van der Waals surface area contributed by atoms with Crippen molar-refractivity contribution in [3.63, 3.8) is 0 Å². The third kappa shape index (κ3) is 3.81. The second-order valence-electron chi connectivity index (χ2n) is 6.72. The molecule has 3 aromatic rings. The summed E-state index contributed by atoms with van der Waals surface area (Å²) in [4.78, 5) is 0. The quantitative estimate of drug-likeness (QED) is 0.713. The second-order valence-corrected chi connectivity index (χ2v) is 8.13. The molecule has 0 aliphatic rings. The maximum atomic E-state index is 12.1. The molecule has 0 bridgehead atoms. The Morgan fingerprint density at radius 3 is 1.96 bits per heavy atom. The van der Waals surface area contributed by atoms with Gasteiger partial charge in [0.15, 0.2) is 0 Å². The molecule has 0 amide bonds. The highest BCUT2D eigenvalue weighted by molar-refractivity contribution is 7.90. The van der Waals surface area contributed by atoms with Gasteiger partial charge in [0, 0.05) is 5.54 Å². The largest absolute Gasteiger partial charge is 0.299 e. The van der Waals surface area contributed by atoms with Crippen LogP contribution in [0.5, 0.6) is 0 Å². The summed E-state index contributed by atoms with van der Waals surface area (Å²) in [6.07, 6.45) is 0. The van der Waals surface area contributed by atoms with Crippen LogP contribution in [0.4, 0.5) is 5.69 Å². The van der Waals surface area contributed by atoms with Gasteiger partial charge in [-0.3, -0.25) is 4.72 Å². The Kier molecular flexibility index (Phi) is 3.78. The highest BCUT2D eigenvalue weighted by atomic mass is 32.2. The summed E-state index contributed by atoms with van der Waals surface area (Å²) in [5, 5.41) is 4.38. The third-order valence-electron chi connectivity index (χ3n) is 3.40. The predicted molar refractivity (Wildman–Crippen MR) is 96.9 cm³/mol. The number of anilines is 1. The van der Waals surface area contributed by atoms with Gasteiger partial charge in [-0.25, -0.2) is 0 Å². The minimum Gasteiger partial charge on any atom is -0.271 e. The highest BCUT2D eigenvalue weighted by Gasteiger charge is 2.19. The van der Waals surface area contributed by atoms with Gasteiger partial charge in [-0.1, -0.05) is 30.3 Å². The lowest BCUT2D eigenvalue weighted by atomic mass is 10.0. The first-order valence-corrected chi connectivity index (χ1v) is 8.94. The molecule has 0 spiro atoms. The Morgan fingerprint density at radius 1 is 0.783 bits per heavy atom. The standard InChI is InChI=1S/C18H20N2O2S/c1-18(2,3)20-23(21,22)19-17-9-8-15-10-13-6-4-5-7-14(13)11-16(15)12-17/h4-12,19-20H,1-3H3. The molecule has 4 nitrogen and oxygen atoms in total. The van der Waals surface area contributed by atoms with E-state index in [1.165, 1.54) is 5.39 Å². The Morgan fingerprint density at radius 2 is 1.35 bits per heavy atom. The van der Waals surface area contributed by atoms with Crippen molar-refractivity contribution in [1.29, 1.82) is 0 Å². The lowest BCUT2D eigenvalue weighted by molar-refractivity contribution is 0.494. The summed E-state index contributed by atoms with van der Waals surface area (Å²) in [6, 6.07) is 17.9. The Labute approximate surface area is 136 Å². The fraction of sp³-hybridized carbons (Fsp3) is 0.222. The SMILES string of the molecule is CC(C)(C)NS(=O)(=O)Nc1ccc2cc3ccccc3cc2c1. The summed E-state index contributed by atoms with van der Waals surface area (Å²) in [6.45, 7) is 5.41. The maximum Gasteiger partial charge on any atom is 0.299 e. The summed E-state index contributed by atoms with van der Waals surface area (Å²) in [5.74, 6) is 0. The van der Waals surface area contributed by atoms with Crippen LogP contribution in [-0.2, 0) is 10.2 Å². The van der Waals surface area contributed by atoms with Gasteiger partial charge in [0.05, 0.1) is 5.69 Å². The molecule has 120 valence electrons. The fourth-order valence-corrected chi connectivity index (χ4v) is 3.88. The van der Waals surface area contributed by atoms with Crippen molar-refractivity contribution in [2.24, 2.45) is 0 Å². The van der Waals surface area contributed by atoms with Crippen molar-refractivity contribution in [2.45, 2.75) is 26.3 Å². The fourth-order valence-electron chi connectivity index (χ4n) is 2.59. The van der Waals surface area contributed by atoms with Crippen molar-refractivity contribution >= 4 is 37.4 Å². The average molecular weight is 328 g/mol. The predicted octanol–water partition coefficient (Wildman–Crippen LogP) is 4.04. The van der Waals surface area contributed by atoms with E-state index in [1.54, 1.807) is 26.8 Å². The number of rotatable bonds is 3. The van der Waals surface area contributed by atoms with Crippen LogP contribution in [0.15, 0.2) is 54.6 Å². The topological polar surface area (TPSA) is 58.2 Å². The molecule has 0 fully saturated rings. The summed E-state index contributed by atoms with van der Waals surface area (Å²) >= 11 is 0.